The van der Waals surface area contributed by atoms with E-state index in [-0.39, 0.29) is 17.6 Å². The monoisotopic (exact) mass is 472 g/mol. The molecule has 3 saturated heterocycles. The lowest BCUT2D eigenvalue weighted by Gasteiger charge is -2.29. The van der Waals surface area contributed by atoms with Crippen molar-refractivity contribution >= 4 is 51.7 Å². The zero-order valence-corrected chi connectivity index (χ0v) is 19.4. The van der Waals surface area contributed by atoms with Gasteiger partial charge in [-0.1, -0.05) is 30.0 Å². The number of hydrogen-bond acceptors (Lipinski definition) is 8. The third kappa shape index (κ3) is 4.07. The Morgan fingerprint density at radius 3 is 2.81 bits per heavy atom. The zero-order chi connectivity index (χ0) is 22.2. The summed E-state index contributed by atoms with van der Waals surface area (Å²) in [5, 5.41) is 0. The average molecular weight is 473 g/mol. The first-order valence-corrected chi connectivity index (χ1v) is 12.0. The molecular formula is C22H24N4O4S2. The number of thiocarbonyl (C=S) groups is 1. The average Bonchev–Trinajstić information content (AvgIpc) is 3.40. The molecule has 32 heavy (non-hydrogen) atoms. The van der Waals surface area contributed by atoms with E-state index in [0.717, 1.165) is 25.0 Å². The molecular weight excluding hydrogens is 448 g/mol. The Morgan fingerprint density at radius 1 is 1.25 bits per heavy atom. The molecule has 5 heterocycles. The first-order chi connectivity index (χ1) is 15.5. The van der Waals surface area contributed by atoms with Crippen LogP contribution >= 0.6 is 24.0 Å². The predicted octanol–water partition coefficient (Wildman–Crippen LogP) is 2.22. The molecule has 0 aromatic carbocycles. The van der Waals surface area contributed by atoms with Gasteiger partial charge in [0.25, 0.3) is 11.5 Å². The molecule has 3 fully saturated rings. The Labute approximate surface area is 195 Å². The van der Waals surface area contributed by atoms with Gasteiger partial charge in [0.2, 0.25) is 0 Å². The normalized spacial score (nSPS) is 23.2. The van der Waals surface area contributed by atoms with Gasteiger partial charge in [-0.3, -0.25) is 18.9 Å². The number of carbonyl (C=O) groups is 1. The first-order valence-electron chi connectivity index (χ1n) is 10.7. The molecule has 168 valence electrons. The molecule has 8 nitrogen and oxygen atoms in total. The van der Waals surface area contributed by atoms with Crippen LogP contribution in [0.25, 0.3) is 11.7 Å². The Morgan fingerprint density at radius 2 is 2.06 bits per heavy atom. The number of fused-ring (bicyclic) bond motifs is 1. The molecule has 1 atom stereocenters. The molecule has 2 aromatic heterocycles. The van der Waals surface area contributed by atoms with Crippen molar-refractivity contribution in [3.63, 3.8) is 0 Å². The number of thioether (sulfide) groups is 1. The fourth-order valence-corrected chi connectivity index (χ4v) is 5.43. The molecule has 0 bridgehead atoms. The van der Waals surface area contributed by atoms with Crippen LogP contribution < -0.4 is 10.5 Å². The summed E-state index contributed by atoms with van der Waals surface area (Å²) in [4.78, 5) is 35.5. The van der Waals surface area contributed by atoms with E-state index < -0.39 is 0 Å². The summed E-state index contributed by atoms with van der Waals surface area (Å²) in [6.07, 6.45) is 5.36. The van der Waals surface area contributed by atoms with Gasteiger partial charge in [-0.25, -0.2) is 4.98 Å². The number of rotatable bonds is 4. The fourth-order valence-electron chi connectivity index (χ4n) is 4.17. The lowest BCUT2D eigenvalue weighted by Crippen LogP contribution is -2.38. The molecule has 1 unspecified atom stereocenters. The third-order valence-electron chi connectivity index (χ3n) is 5.86. The summed E-state index contributed by atoms with van der Waals surface area (Å²) in [6, 6.07) is 3.77. The standard InChI is InChI=1S/C22H24N4O4S2/c1-14-4-5-18-23-19(24-6-9-29-10-7-24)16(20(27)25(18)12-14)11-17-21(28)26(22(31)32-17)13-15-3-2-8-30-15/h4-5,11-12,15H,2-3,6-10,13H2,1H3/b17-11+. The second-order valence-electron chi connectivity index (χ2n) is 8.12. The maximum atomic E-state index is 13.5. The van der Waals surface area contributed by atoms with Gasteiger partial charge in [-0.2, -0.15) is 0 Å². The molecule has 2 aromatic rings. The number of morpholine rings is 1. The van der Waals surface area contributed by atoms with Crippen LogP contribution in [-0.2, 0) is 14.3 Å². The van der Waals surface area contributed by atoms with Gasteiger partial charge in [0.15, 0.2) is 0 Å². The van der Waals surface area contributed by atoms with Crippen molar-refractivity contribution in [1.82, 2.24) is 14.3 Å². The van der Waals surface area contributed by atoms with Crippen molar-refractivity contribution in [1.29, 1.82) is 0 Å². The van der Waals surface area contributed by atoms with Gasteiger partial charge in [0, 0.05) is 25.9 Å². The number of nitrogens with zero attached hydrogens (tertiary/aromatic N) is 4. The summed E-state index contributed by atoms with van der Waals surface area (Å²) in [5.41, 5.74) is 1.72. The molecule has 3 aliphatic rings. The van der Waals surface area contributed by atoms with Crippen LogP contribution in [0.1, 0.15) is 24.0 Å². The van der Waals surface area contributed by atoms with Crippen LogP contribution in [0.5, 0.6) is 0 Å². The number of hydrogen-bond donors (Lipinski definition) is 0. The maximum absolute atomic E-state index is 13.5. The number of amides is 1. The zero-order valence-electron chi connectivity index (χ0n) is 17.8. The Bertz CT molecular complexity index is 1170. The number of pyridine rings is 1. The van der Waals surface area contributed by atoms with E-state index in [2.05, 4.69) is 0 Å². The topological polar surface area (TPSA) is 76.4 Å². The lowest BCUT2D eigenvalue weighted by atomic mass is 10.2. The minimum atomic E-state index is -0.204. The van der Waals surface area contributed by atoms with Crippen molar-refractivity contribution < 1.29 is 14.3 Å². The summed E-state index contributed by atoms with van der Waals surface area (Å²) in [5.74, 6) is 0.392. The molecule has 1 amide bonds. The Hall–Kier alpha value is -2.27. The molecule has 3 aliphatic heterocycles. The largest absolute Gasteiger partial charge is 0.378 e. The van der Waals surface area contributed by atoms with E-state index in [4.69, 9.17) is 26.7 Å². The molecule has 0 spiro atoms. The van der Waals surface area contributed by atoms with Crippen LogP contribution in [0.4, 0.5) is 5.82 Å². The number of aromatic nitrogens is 2. The highest BCUT2D eigenvalue weighted by Gasteiger charge is 2.35. The molecule has 10 heteroatoms. The van der Waals surface area contributed by atoms with Crippen molar-refractivity contribution in [2.24, 2.45) is 0 Å². The van der Waals surface area contributed by atoms with Gasteiger partial charge in [0.1, 0.15) is 15.8 Å². The van der Waals surface area contributed by atoms with E-state index in [9.17, 15) is 9.59 Å². The van der Waals surface area contributed by atoms with Gasteiger partial charge < -0.3 is 14.4 Å². The Balaban J connectivity index is 1.57. The van der Waals surface area contributed by atoms with Crippen molar-refractivity contribution in [3.8, 4) is 0 Å². The van der Waals surface area contributed by atoms with E-state index in [1.54, 1.807) is 17.2 Å². The fraction of sp³-hybridized carbons (Fsp3) is 0.455. The summed E-state index contributed by atoms with van der Waals surface area (Å²) in [7, 11) is 0. The van der Waals surface area contributed by atoms with Crippen LogP contribution in [0, 0.1) is 6.92 Å². The van der Waals surface area contributed by atoms with E-state index >= 15 is 0 Å². The van der Waals surface area contributed by atoms with Gasteiger partial charge in [0.05, 0.1) is 36.3 Å². The quantitative estimate of drug-likeness (QED) is 0.495. The molecule has 5 rings (SSSR count). The first kappa shape index (κ1) is 21.6. The van der Waals surface area contributed by atoms with Crippen molar-refractivity contribution in [2.45, 2.75) is 25.9 Å². The van der Waals surface area contributed by atoms with Gasteiger partial charge in [-0.05, 0) is 37.5 Å². The Kier molecular flexibility index (Phi) is 6.02. The predicted molar refractivity (Wildman–Crippen MR) is 128 cm³/mol. The smallest absolute Gasteiger partial charge is 0.267 e. The van der Waals surface area contributed by atoms with Gasteiger partial charge >= 0.3 is 0 Å². The number of carbonyl (C=O) groups excluding carboxylic acids is 1. The van der Waals surface area contributed by atoms with Crippen LogP contribution in [0.2, 0.25) is 0 Å². The summed E-state index contributed by atoms with van der Waals surface area (Å²) >= 11 is 6.70. The number of ether oxygens (including phenoxy) is 2. The van der Waals surface area contributed by atoms with E-state index in [1.165, 1.54) is 16.2 Å². The minimum Gasteiger partial charge on any atom is -0.378 e. The second kappa shape index (κ2) is 8.93. The summed E-state index contributed by atoms with van der Waals surface area (Å²) < 4.78 is 13.2. The highest BCUT2D eigenvalue weighted by Crippen LogP contribution is 2.34. The summed E-state index contributed by atoms with van der Waals surface area (Å²) in [6.45, 7) is 5.50. The van der Waals surface area contributed by atoms with Gasteiger partial charge in [-0.15, -0.1) is 0 Å². The third-order valence-corrected chi connectivity index (χ3v) is 7.23. The maximum Gasteiger partial charge on any atom is 0.267 e. The SMILES string of the molecule is Cc1ccc2nc(N3CCOCC3)c(/C=C3/SC(=S)N(CC4CCCO4)C3=O)c(=O)n2c1. The van der Waals surface area contributed by atoms with Crippen LogP contribution in [0.3, 0.4) is 0 Å². The van der Waals surface area contributed by atoms with Crippen molar-refractivity contribution in [3.05, 3.63) is 44.7 Å². The second-order valence-corrected chi connectivity index (χ2v) is 9.79. The van der Waals surface area contributed by atoms with E-state index in [1.807, 2.05) is 24.0 Å². The molecule has 0 radical (unpaired) electrons. The van der Waals surface area contributed by atoms with E-state index in [0.29, 0.717) is 59.1 Å². The number of aryl methyl sites for hydroxylation is 1. The highest BCUT2D eigenvalue weighted by molar-refractivity contribution is 8.26. The van der Waals surface area contributed by atoms with Crippen LogP contribution in [-0.4, -0.2) is 70.1 Å². The van der Waals surface area contributed by atoms with Crippen molar-refractivity contribution in [2.75, 3.05) is 44.4 Å². The molecule has 0 N–H and O–H groups in total. The van der Waals surface area contributed by atoms with Crippen LogP contribution in [0.15, 0.2) is 28.0 Å². The lowest BCUT2D eigenvalue weighted by molar-refractivity contribution is -0.123. The molecule has 0 aliphatic carbocycles. The molecule has 0 saturated carbocycles. The highest BCUT2D eigenvalue weighted by atomic mass is 32.2. The number of anilines is 1. The minimum absolute atomic E-state index is 0.0108.